The van der Waals surface area contributed by atoms with Gasteiger partial charge in [-0.05, 0) is 87.1 Å². The van der Waals surface area contributed by atoms with Crippen molar-refractivity contribution in [3.63, 3.8) is 0 Å². The first-order valence-electron chi connectivity index (χ1n) is 12.1. The number of rotatable bonds is 5. The molecule has 3 aromatic carbocycles. The topological polar surface area (TPSA) is 66.8 Å². The van der Waals surface area contributed by atoms with Crippen LogP contribution in [0.2, 0.25) is 0 Å². The highest BCUT2D eigenvalue weighted by molar-refractivity contribution is 5.95. The van der Waals surface area contributed by atoms with Crippen LogP contribution < -0.4 is 0 Å². The normalized spacial score (nSPS) is 14.0. The predicted molar refractivity (Wildman–Crippen MR) is 137 cm³/mol. The standard InChI is InChI=1S/C30H31F2NO4/c1-16-7-9-19(10-8-16)25-17(2)22-14-33(28(34)21-12-11-20(31)13-24(21)32)15-23(22)18(3)26(25)27(29(35)36)37-30(4,5)6/h7-13,27H,14-15H2,1-6H3,(H,35,36). The molecule has 1 aliphatic rings. The Hall–Kier alpha value is -3.58. The van der Waals surface area contributed by atoms with Gasteiger partial charge in [0.2, 0.25) is 0 Å². The van der Waals surface area contributed by atoms with E-state index in [1.165, 1.54) is 4.90 Å². The third-order valence-electron chi connectivity index (χ3n) is 6.76. The number of hydrogen-bond donors (Lipinski definition) is 1. The van der Waals surface area contributed by atoms with Crippen molar-refractivity contribution in [1.82, 2.24) is 4.90 Å². The third-order valence-corrected chi connectivity index (χ3v) is 6.76. The molecule has 0 radical (unpaired) electrons. The molecule has 1 atom stereocenters. The van der Waals surface area contributed by atoms with Gasteiger partial charge < -0.3 is 14.7 Å². The summed E-state index contributed by atoms with van der Waals surface area (Å²) in [6.45, 7) is 11.6. The fourth-order valence-electron chi connectivity index (χ4n) is 5.00. The average Bonchev–Trinajstić information content (AvgIpc) is 3.26. The maximum absolute atomic E-state index is 14.4. The number of carboxylic acids is 1. The summed E-state index contributed by atoms with van der Waals surface area (Å²) < 4.78 is 33.9. The van der Waals surface area contributed by atoms with Crippen molar-refractivity contribution in [3.8, 4) is 11.1 Å². The molecular formula is C30H31F2NO4. The van der Waals surface area contributed by atoms with Crippen LogP contribution in [0, 0.1) is 32.4 Å². The fraction of sp³-hybridized carbons (Fsp3) is 0.333. The van der Waals surface area contributed by atoms with E-state index in [2.05, 4.69) is 0 Å². The number of benzene rings is 3. The lowest BCUT2D eigenvalue weighted by Crippen LogP contribution is -2.28. The third kappa shape index (κ3) is 5.14. The van der Waals surface area contributed by atoms with E-state index in [0.717, 1.165) is 51.1 Å². The van der Waals surface area contributed by atoms with E-state index >= 15 is 0 Å². The second kappa shape index (κ2) is 9.71. The van der Waals surface area contributed by atoms with Crippen molar-refractivity contribution >= 4 is 11.9 Å². The summed E-state index contributed by atoms with van der Waals surface area (Å²) in [5.74, 6) is -3.33. The lowest BCUT2D eigenvalue weighted by Gasteiger charge is -2.29. The van der Waals surface area contributed by atoms with Gasteiger partial charge in [0.1, 0.15) is 11.6 Å². The van der Waals surface area contributed by atoms with Gasteiger partial charge in [-0.1, -0.05) is 29.8 Å². The van der Waals surface area contributed by atoms with Crippen LogP contribution in [0.15, 0.2) is 42.5 Å². The lowest BCUT2D eigenvalue weighted by atomic mass is 9.83. The molecule has 0 saturated heterocycles. The summed E-state index contributed by atoms with van der Waals surface area (Å²) in [5, 5.41) is 10.2. The van der Waals surface area contributed by atoms with E-state index in [9.17, 15) is 23.5 Å². The second-order valence-electron chi connectivity index (χ2n) is 10.6. The summed E-state index contributed by atoms with van der Waals surface area (Å²) in [4.78, 5) is 27.3. The van der Waals surface area contributed by atoms with Gasteiger partial charge in [-0.25, -0.2) is 13.6 Å². The highest BCUT2D eigenvalue weighted by Crippen LogP contribution is 2.44. The molecule has 1 N–H and O–H groups in total. The predicted octanol–water partition coefficient (Wildman–Crippen LogP) is 6.65. The molecule has 0 aliphatic carbocycles. The molecule has 0 fully saturated rings. The highest BCUT2D eigenvalue weighted by atomic mass is 19.1. The Bertz CT molecular complexity index is 1390. The van der Waals surface area contributed by atoms with Crippen LogP contribution in [0.4, 0.5) is 8.78 Å². The number of carboxylic acid groups (broad SMARTS) is 1. The number of carbonyl (C=O) groups excluding carboxylic acids is 1. The number of carbonyl (C=O) groups is 2. The Morgan fingerprint density at radius 3 is 2.08 bits per heavy atom. The Morgan fingerprint density at radius 2 is 1.54 bits per heavy atom. The molecule has 5 nitrogen and oxygen atoms in total. The van der Waals surface area contributed by atoms with Gasteiger partial charge in [-0.15, -0.1) is 0 Å². The number of nitrogens with zero attached hydrogens (tertiary/aromatic N) is 1. The van der Waals surface area contributed by atoms with Gasteiger partial charge in [0.15, 0.2) is 6.10 Å². The Morgan fingerprint density at radius 1 is 0.946 bits per heavy atom. The van der Waals surface area contributed by atoms with Gasteiger partial charge in [-0.2, -0.15) is 0 Å². The largest absolute Gasteiger partial charge is 0.479 e. The molecule has 0 aromatic heterocycles. The minimum Gasteiger partial charge on any atom is -0.479 e. The van der Waals surface area contributed by atoms with E-state index in [1.54, 1.807) is 0 Å². The van der Waals surface area contributed by atoms with E-state index in [1.807, 2.05) is 65.8 Å². The first-order valence-corrected chi connectivity index (χ1v) is 12.1. The molecule has 1 heterocycles. The summed E-state index contributed by atoms with van der Waals surface area (Å²) in [7, 11) is 0. The zero-order valence-corrected chi connectivity index (χ0v) is 21.9. The lowest BCUT2D eigenvalue weighted by molar-refractivity contribution is -0.160. The number of aliphatic carboxylic acids is 1. The van der Waals surface area contributed by atoms with Crippen LogP contribution in [0.3, 0.4) is 0 Å². The highest BCUT2D eigenvalue weighted by Gasteiger charge is 2.36. The SMILES string of the molecule is Cc1ccc(-c2c(C)c3c(c(C)c2C(OC(C)(C)C)C(=O)O)CN(C(=O)c2ccc(F)cc2F)C3)cc1. The molecule has 37 heavy (non-hydrogen) atoms. The van der Waals surface area contributed by atoms with Crippen LogP contribution in [0.5, 0.6) is 0 Å². The van der Waals surface area contributed by atoms with Crippen molar-refractivity contribution < 1.29 is 28.2 Å². The molecular weight excluding hydrogens is 476 g/mol. The van der Waals surface area contributed by atoms with Gasteiger partial charge in [0, 0.05) is 24.7 Å². The fourth-order valence-corrected chi connectivity index (χ4v) is 5.00. The molecule has 0 bridgehead atoms. The van der Waals surface area contributed by atoms with E-state index < -0.39 is 35.2 Å². The molecule has 1 amide bonds. The maximum atomic E-state index is 14.4. The van der Waals surface area contributed by atoms with Crippen molar-refractivity contribution in [2.75, 3.05) is 0 Å². The van der Waals surface area contributed by atoms with E-state index in [0.29, 0.717) is 11.6 Å². The first kappa shape index (κ1) is 26.5. The van der Waals surface area contributed by atoms with Crippen LogP contribution >= 0.6 is 0 Å². The molecule has 7 heteroatoms. The Balaban J connectivity index is 1.89. The minimum atomic E-state index is -1.24. The molecule has 0 saturated carbocycles. The molecule has 4 rings (SSSR count). The quantitative estimate of drug-likeness (QED) is 0.420. The monoisotopic (exact) mass is 507 g/mol. The minimum absolute atomic E-state index is 0.181. The molecule has 194 valence electrons. The van der Waals surface area contributed by atoms with Crippen molar-refractivity contribution in [2.24, 2.45) is 0 Å². The molecule has 3 aromatic rings. The van der Waals surface area contributed by atoms with E-state index in [4.69, 9.17) is 4.74 Å². The van der Waals surface area contributed by atoms with Gasteiger partial charge in [-0.3, -0.25) is 4.79 Å². The first-order chi connectivity index (χ1) is 17.3. The average molecular weight is 508 g/mol. The smallest absolute Gasteiger partial charge is 0.337 e. The zero-order valence-electron chi connectivity index (χ0n) is 21.9. The van der Waals surface area contributed by atoms with Crippen LogP contribution in [0.25, 0.3) is 11.1 Å². The second-order valence-corrected chi connectivity index (χ2v) is 10.6. The number of aryl methyl sites for hydroxylation is 1. The molecule has 0 spiro atoms. The number of halogens is 2. The van der Waals surface area contributed by atoms with Gasteiger partial charge in [0.05, 0.1) is 11.2 Å². The number of fused-ring (bicyclic) bond motifs is 1. The van der Waals surface area contributed by atoms with Crippen molar-refractivity contribution in [2.45, 2.75) is 66.3 Å². The number of amides is 1. The van der Waals surface area contributed by atoms with Crippen LogP contribution in [-0.4, -0.2) is 27.5 Å². The van der Waals surface area contributed by atoms with Crippen LogP contribution in [0.1, 0.15) is 70.6 Å². The van der Waals surface area contributed by atoms with Gasteiger partial charge >= 0.3 is 5.97 Å². The Labute approximate surface area is 215 Å². The van der Waals surface area contributed by atoms with E-state index in [-0.39, 0.29) is 18.7 Å². The summed E-state index contributed by atoms with van der Waals surface area (Å²) in [5.41, 5.74) is 5.58. The van der Waals surface area contributed by atoms with Gasteiger partial charge in [0.25, 0.3) is 5.91 Å². The summed E-state index contributed by atoms with van der Waals surface area (Å²) in [6, 6.07) is 10.7. The Kier molecular flexibility index (Phi) is 6.95. The summed E-state index contributed by atoms with van der Waals surface area (Å²) >= 11 is 0. The zero-order chi connectivity index (χ0) is 27.2. The summed E-state index contributed by atoms with van der Waals surface area (Å²) in [6.07, 6.45) is -1.24. The number of ether oxygens (including phenoxy) is 1. The molecule has 1 aliphatic heterocycles. The van der Waals surface area contributed by atoms with Crippen LogP contribution in [-0.2, 0) is 22.6 Å². The maximum Gasteiger partial charge on any atom is 0.337 e. The molecule has 1 unspecified atom stereocenters. The van der Waals surface area contributed by atoms with Crippen molar-refractivity contribution in [3.05, 3.63) is 93.0 Å². The van der Waals surface area contributed by atoms with Crippen molar-refractivity contribution in [1.29, 1.82) is 0 Å². The number of hydrogen-bond acceptors (Lipinski definition) is 3.